The molecule has 0 aliphatic rings. The second-order valence-electron chi connectivity index (χ2n) is 7.83. The highest BCUT2D eigenvalue weighted by molar-refractivity contribution is 6.24. The van der Waals surface area contributed by atoms with Gasteiger partial charge in [0.2, 0.25) is 0 Å². The van der Waals surface area contributed by atoms with Gasteiger partial charge in [-0.15, -0.1) is 0 Å². The first-order chi connectivity index (χ1) is 16.2. The molecule has 0 fully saturated rings. The Kier molecular flexibility index (Phi) is 7.34. The molecule has 0 N–H and O–H groups in total. The third kappa shape index (κ3) is 5.98. The summed E-state index contributed by atoms with van der Waals surface area (Å²) < 4.78 is 5.28. The van der Waals surface area contributed by atoms with Crippen molar-refractivity contribution in [3.63, 3.8) is 0 Å². The van der Waals surface area contributed by atoms with Crippen molar-refractivity contribution >= 4 is 17.6 Å². The standard InChI is InChI=1S/C30H27NO2/c1-33-28-19-17-24(18-20-28)21-29(27-15-9-4-10-16-27)30(32)31(22-25-11-5-2-6-12-25)23-26-13-7-3-8-14-26/h2-21H,22-23H2,1H3/b29-21+. The van der Waals surface area contributed by atoms with Gasteiger partial charge in [-0.05, 0) is 40.5 Å². The number of methoxy groups -OCH3 is 1. The molecule has 0 radical (unpaired) electrons. The summed E-state index contributed by atoms with van der Waals surface area (Å²) in [6, 6.07) is 37.8. The Morgan fingerprint density at radius 2 is 1.18 bits per heavy atom. The van der Waals surface area contributed by atoms with Gasteiger partial charge in [0.1, 0.15) is 5.75 Å². The van der Waals surface area contributed by atoms with E-state index in [1.807, 2.05) is 102 Å². The molecule has 4 aromatic rings. The number of rotatable bonds is 8. The molecule has 164 valence electrons. The molecule has 0 aliphatic heterocycles. The van der Waals surface area contributed by atoms with Crippen molar-refractivity contribution in [3.8, 4) is 5.75 Å². The van der Waals surface area contributed by atoms with Crippen LogP contribution in [0.5, 0.6) is 5.75 Å². The summed E-state index contributed by atoms with van der Waals surface area (Å²) in [5.41, 5.74) is 4.69. The van der Waals surface area contributed by atoms with Crippen molar-refractivity contribution in [2.24, 2.45) is 0 Å². The van der Waals surface area contributed by atoms with Crippen molar-refractivity contribution in [2.45, 2.75) is 13.1 Å². The minimum absolute atomic E-state index is 0.00951. The third-order valence-corrected chi connectivity index (χ3v) is 5.46. The fourth-order valence-electron chi connectivity index (χ4n) is 3.73. The first-order valence-electron chi connectivity index (χ1n) is 11.0. The van der Waals surface area contributed by atoms with Crippen LogP contribution >= 0.6 is 0 Å². The zero-order valence-corrected chi connectivity index (χ0v) is 18.7. The molecule has 3 nitrogen and oxygen atoms in total. The predicted molar refractivity (Wildman–Crippen MR) is 134 cm³/mol. The number of carbonyl (C=O) groups is 1. The van der Waals surface area contributed by atoms with Crippen molar-refractivity contribution in [3.05, 3.63) is 138 Å². The summed E-state index contributed by atoms with van der Waals surface area (Å²) in [4.78, 5) is 15.9. The SMILES string of the molecule is COc1ccc(/C=C(/C(=O)N(Cc2ccccc2)Cc2ccccc2)c2ccccc2)cc1. The highest BCUT2D eigenvalue weighted by Gasteiger charge is 2.20. The van der Waals surface area contributed by atoms with Crippen LogP contribution in [-0.4, -0.2) is 17.9 Å². The van der Waals surface area contributed by atoms with Gasteiger partial charge in [0.05, 0.1) is 7.11 Å². The van der Waals surface area contributed by atoms with Crippen LogP contribution in [0, 0.1) is 0 Å². The number of hydrogen-bond donors (Lipinski definition) is 0. The smallest absolute Gasteiger partial charge is 0.255 e. The molecular weight excluding hydrogens is 406 g/mol. The van der Waals surface area contributed by atoms with E-state index in [-0.39, 0.29) is 5.91 Å². The van der Waals surface area contributed by atoms with Gasteiger partial charge in [-0.2, -0.15) is 0 Å². The highest BCUT2D eigenvalue weighted by atomic mass is 16.5. The van der Waals surface area contributed by atoms with Gasteiger partial charge in [-0.3, -0.25) is 4.79 Å². The lowest BCUT2D eigenvalue weighted by Gasteiger charge is -2.25. The maximum Gasteiger partial charge on any atom is 0.255 e. The molecule has 0 saturated carbocycles. The summed E-state index contributed by atoms with van der Waals surface area (Å²) in [6.45, 7) is 1.06. The molecule has 3 heteroatoms. The number of carbonyl (C=O) groups excluding carboxylic acids is 1. The van der Waals surface area contributed by atoms with Crippen molar-refractivity contribution in [2.75, 3.05) is 7.11 Å². The lowest BCUT2D eigenvalue weighted by molar-refractivity contribution is -0.126. The molecule has 0 spiro atoms. The topological polar surface area (TPSA) is 29.5 Å². The molecule has 0 aliphatic carbocycles. The Labute approximate surface area is 195 Å². The Morgan fingerprint density at radius 1 is 0.697 bits per heavy atom. The number of benzene rings is 4. The number of amides is 1. The predicted octanol–water partition coefficient (Wildman–Crippen LogP) is 6.46. The molecule has 33 heavy (non-hydrogen) atoms. The Balaban J connectivity index is 1.73. The van der Waals surface area contributed by atoms with E-state index in [0.29, 0.717) is 18.7 Å². The summed E-state index contributed by atoms with van der Waals surface area (Å²) in [5.74, 6) is 0.777. The molecule has 0 atom stereocenters. The second kappa shape index (κ2) is 11.0. The van der Waals surface area contributed by atoms with Gasteiger partial charge < -0.3 is 9.64 Å². The molecule has 4 rings (SSSR count). The minimum atomic E-state index is -0.00951. The Morgan fingerprint density at radius 3 is 1.67 bits per heavy atom. The Hall–Kier alpha value is -4.11. The highest BCUT2D eigenvalue weighted by Crippen LogP contribution is 2.24. The van der Waals surface area contributed by atoms with E-state index >= 15 is 0 Å². The van der Waals surface area contributed by atoms with E-state index in [9.17, 15) is 4.79 Å². The van der Waals surface area contributed by atoms with Crippen molar-refractivity contribution < 1.29 is 9.53 Å². The molecular formula is C30H27NO2. The average Bonchev–Trinajstić information content (AvgIpc) is 2.88. The molecule has 1 amide bonds. The van der Waals surface area contributed by atoms with Gasteiger partial charge in [-0.25, -0.2) is 0 Å². The van der Waals surface area contributed by atoms with Gasteiger partial charge in [0.15, 0.2) is 0 Å². The second-order valence-corrected chi connectivity index (χ2v) is 7.83. The molecule has 0 unspecified atom stereocenters. The number of nitrogens with zero attached hydrogens (tertiary/aromatic N) is 1. The van der Waals surface area contributed by atoms with E-state index in [0.717, 1.165) is 28.0 Å². The average molecular weight is 434 g/mol. The summed E-state index contributed by atoms with van der Waals surface area (Å²) in [7, 11) is 1.65. The Bertz CT molecular complexity index is 1140. The van der Waals surface area contributed by atoms with Crippen LogP contribution in [0.15, 0.2) is 115 Å². The fraction of sp³-hybridized carbons (Fsp3) is 0.100. The quantitative estimate of drug-likeness (QED) is 0.236. The van der Waals surface area contributed by atoms with E-state index in [1.165, 1.54) is 0 Å². The van der Waals surface area contributed by atoms with E-state index < -0.39 is 0 Å². The molecule has 4 aromatic carbocycles. The maximum absolute atomic E-state index is 14.0. The van der Waals surface area contributed by atoms with Crippen LogP contribution in [0.1, 0.15) is 22.3 Å². The molecule has 0 bridgehead atoms. The minimum Gasteiger partial charge on any atom is -0.497 e. The molecule has 0 heterocycles. The summed E-state index contributed by atoms with van der Waals surface area (Å²) in [6.07, 6.45) is 1.96. The summed E-state index contributed by atoms with van der Waals surface area (Å²) >= 11 is 0. The van der Waals surface area contributed by atoms with E-state index in [2.05, 4.69) is 24.3 Å². The van der Waals surface area contributed by atoms with Crippen LogP contribution in [-0.2, 0) is 17.9 Å². The van der Waals surface area contributed by atoms with E-state index in [1.54, 1.807) is 7.11 Å². The number of ether oxygens (including phenoxy) is 1. The fourth-order valence-corrected chi connectivity index (χ4v) is 3.73. The first kappa shape index (κ1) is 22.1. The lowest BCUT2D eigenvalue weighted by Crippen LogP contribution is -2.30. The molecule has 0 saturated heterocycles. The lowest BCUT2D eigenvalue weighted by atomic mass is 10.0. The maximum atomic E-state index is 14.0. The monoisotopic (exact) mass is 433 g/mol. The molecule has 0 aromatic heterocycles. The van der Waals surface area contributed by atoms with Crippen LogP contribution in [0.3, 0.4) is 0 Å². The van der Waals surface area contributed by atoms with Crippen molar-refractivity contribution in [1.29, 1.82) is 0 Å². The van der Waals surface area contributed by atoms with Gasteiger partial charge in [-0.1, -0.05) is 103 Å². The third-order valence-electron chi connectivity index (χ3n) is 5.46. The van der Waals surface area contributed by atoms with Crippen LogP contribution in [0.2, 0.25) is 0 Å². The van der Waals surface area contributed by atoms with Gasteiger partial charge >= 0.3 is 0 Å². The normalized spacial score (nSPS) is 11.1. The zero-order chi connectivity index (χ0) is 22.9. The van der Waals surface area contributed by atoms with E-state index in [4.69, 9.17) is 4.74 Å². The van der Waals surface area contributed by atoms with Crippen molar-refractivity contribution in [1.82, 2.24) is 4.90 Å². The van der Waals surface area contributed by atoms with Gasteiger partial charge in [0.25, 0.3) is 5.91 Å². The zero-order valence-electron chi connectivity index (χ0n) is 18.7. The first-order valence-corrected chi connectivity index (χ1v) is 11.0. The number of hydrogen-bond acceptors (Lipinski definition) is 2. The van der Waals surface area contributed by atoms with Gasteiger partial charge in [0, 0.05) is 18.7 Å². The van der Waals surface area contributed by atoms with Crippen LogP contribution in [0.25, 0.3) is 11.6 Å². The largest absolute Gasteiger partial charge is 0.497 e. The summed E-state index contributed by atoms with van der Waals surface area (Å²) in [5, 5.41) is 0. The van der Waals surface area contributed by atoms with Crippen LogP contribution in [0.4, 0.5) is 0 Å². The van der Waals surface area contributed by atoms with Crippen LogP contribution < -0.4 is 4.74 Å².